The van der Waals surface area contributed by atoms with Gasteiger partial charge in [0.25, 0.3) is 0 Å². The van der Waals surface area contributed by atoms with E-state index in [1.54, 1.807) is 12.3 Å². The maximum Gasteiger partial charge on any atom is 1.00 e. The fraction of sp³-hybridized carbons (Fsp3) is 0. The molecule has 5 rings (SSSR count). The molecule has 0 saturated heterocycles. The molecule has 0 radical (unpaired) electrons. The second-order valence-corrected chi connectivity index (χ2v) is 6.13. The quantitative estimate of drug-likeness (QED) is 0.452. The van der Waals surface area contributed by atoms with E-state index >= 15 is 0 Å². The summed E-state index contributed by atoms with van der Waals surface area (Å²) in [6, 6.07) is 23.1. The van der Waals surface area contributed by atoms with Crippen LogP contribution >= 0.6 is 0 Å². The minimum absolute atomic E-state index is 0. The number of oxazole rings is 1. The van der Waals surface area contributed by atoms with Gasteiger partial charge in [0.15, 0.2) is 11.8 Å². The molecule has 2 heterocycles. The van der Waals surface area contributed by atoms with Crippen LogP contribution in [0.2, 0.25) is 0 Å². The second-order valence-electron chi connectivity index (χ2n) is 6.13. The van der Waals surface area contributed by atoms with Gasteiger partial charge in [0.1, 0.15) is 5.52 Å². The third-order valence-electron chi connectivity index (χ3n) is 4.53. The van der Waals surface area contributed by atoms with E-state index in [1.165, 1.54) is 0 Å². The van der Waals surface area contributed by atoms with Crippen LogP contribution in [0.25, 0.3) is 44.6 Å². The molecule has 124 valence electrons. The van der Waals surface area contributed by atoms with E-state index < -0.39 is 0 Å². The summed E-state index contributed by atoms with van der Waals surface area (Å²) in [6.07, 6.45) is 1.77. The van der Waals surface area contributed by atoms with Crippen molar-refractivity contribution in [2.75, 3.05) is 0 Å². The molecule has 0 atom stereocenters. The molecule has 4 nitrogen and oxygen atoms in total. The molecule has 1 N–H and O–H groups in total. The van der Waals surface area contributed by atoms with Crippen LogP contribution in [0.3, 0.4) is 0 Å². The molecular formula is C22H14LiN2O2+. The number of fused-ring (bicyclic) bond motifs is 2. The van der Waals surface area contributed by atoms with Gasteiger partial charge in [-0.1, -0.05) is 36.4 Å². The van der Waals surface area contributed by atoms with Gasteiger partial charge in [0, 0.05) is 11.6 Å². The monoisotopic (exact) mass is 345 g/mol. The largest absolute Gasteiger partial charge is 1.00 e. The van der Waals surface area contributed by atoms with Crippen molar-refractivity contribution < 1.29 is 33.4 Å². The Kier molecular flexibility index (Phi) is 4.45. The molecule has 27 heavy (non-hydrogen) atoms. The van der Waals surface area contributed by atoms with Crippen molar-refractivity contribution in [2.24, 2.45) is 0 Å². The van der Waals surface area contributed by atoms with Gasteiger partial charge < -0.3 is 9.52 Å². The van der Waals surface area contributed by atoms with E-state index in [9.17, 15) is 5.11 Å². The molecule has 0 aliphatic rings. The molecule has 5 aromatic rings. The fourth-order valence-corrected chi connectivity index (χ4v) is 3.24. The number of para-hydroxylation sites is 2. The fourth-order valence-electron chi connectivity index (χ4n) is 3.24. The van der Waals surface area contributed by atoms with Crippen molar-refractivity contribution in [1.29, 1.82) is 0 Å². The van der Waals surface area contributed by atoms with Crippen LogP contribution in [-0.4, -0.2) is 4.98 Å². The van der Waals surface area contributed by atoms with Crippen molar-refractivity contribution in [1.82, 2.24) is 4.98 Å². The summed E-state index contributed by atoms with van der Waals surface area (Å²) < 4.78 is 5.83. The Balaban J connectivity index is 0.00000180. The number of hydrogen-bond acceptors (Lipinski definition) is 3. The number of H-pyrrole nitrogens is 1. The standard InChI is InChI=1S/C22H14N2O2.Li/c25-19-12-11-16(17-4-3-13-23-21(17)19)14-7-9-15(10-8-14)22-24-18-5-1-2-6-20(18)26-22;/h1-13,25H;/q;+1. The van der Waals surface area contributed by atoms with Crippen molar-refractivity contribution in [2.45, 2.75) is 0 Å². The Morgan fingerprint density at radius 1 is 0.815 bits per heavy atom. The number of aromatic nitrogens is 2. The summed E-state index contributed by atoms with van der Waals surface area (Å²) >= 11 is 0. The summed E-state index contributed by atoms with van der Waals surface area (Å²) in [5.41, 5.74) is 5.21. The first-order valence-corrected chi connectivity index (χ1v) is 8.36. The number of hydrogen-bond donors (Lipinski definition) is 0. The average molecular weight is 345 g/mol. The summed E-state index contributed by atoms with van der Waals surface area (Å²) in [7, 11) is 0. The third-order valence-corrected chi connectivity index (χ3v) is 4.53. The molecule has 0 unspecified atom stereocenters. The first-order valence-electron chi connectivity index (χ1n) is 8.36. The Hall–Kier alpha value is -3.06. The van der Waals surface area contributed by atoms with Crippen molar-refractivity contribution in [3.05, 3.63) is 79.0 Å². The van der Waals surface area contributed by atoms with Gasteiger partial charge in [-0.15, -0.1) is 0 Å². The molecule has 0 aliphatic carbocycles. The first kappa shape index (κ1) is 17.4. The van der Waals surface area contributed by atoms with Gasteiger partial charge in [-0.3, -0.25) is 0 Å². The Morgan fingerprint density at radius 2 is 1.59 bits per heavy atom. The minimum Gasteiger partial charge on any atom is -0.868 e. The maximum absolute atomic E-state index is 12.0. The molecule has 0 aliphatic heterocycles. The van der Waals surface area contributed by atoms with E-state index in [0.29, 0.717) is 11.4 Å². The summed E-state index contributed by atoms with van der Waals surface area (Å²) in [4.78, 5) is 7.58. The van der Waals surface area contributed by atoms with Gasteiger partial charge >= 0.3 is 18.9 Å². The zero-order chi connectivity index (χ0) is 17.5. The van der Waals surface area contributed by atoms with Crippen molar-refractivity contribution in [3.63, 3.8) is 0 Å². The number of benzene rings is 3. The molecule has 0 spiro atoms. The van der Waals surface area contributed by atoms with E-state index in [0.717, 1.165) is 33.2 Å². The second kappa shape index (κ2) is 6.92. The van der Waals surface area contributed by atoms with E-state index in [2.05, 4.69) is 9.97 Å². The number of pyridine rings is 1. The number of rotatable bonds is 2. The van der Waals surface area contributed by atoms with Crippen LogP contribution in [0.4, 0.5) is 0 Å². The van der Waals surface area contributed by atoms with Gasteiger partial charge in [0.2, 0.25) is 11.4 Å². The van der Waals surface area contributed by atoms with Crippen LogP contribution < -0.4 is 29.0 Å². The van der Waals surface area contributed by atoms with Crippen LogP contribution in [0.15, 0.2) is 83.4 Å². The Labute approximate surface area is 167 Å². The van der Waals surface area contributed by atoms with Crippen LogP contribution in [0.1, 0.15) is 0 Å². The van der Waals surface area contributed by atoms with Crippen LogP contribution in [-0.2, 0) is 0 Å². The van der Waals surface area contributed by atoms with Crippen LogP contribution in [0.5, 0.6) is 5.75 Å². The van der Waals surface area contributed by atoms with E-state index in [4.69, 9.17) is 4.42 Å². The zero-order valence-corrected chi connectivity index (χ0v) is 14.8. The molecule has 0 amide bonds. The summed E-state index contributed by atoms with van der Waals surface area (Å²) in [5, 5.41) is 12.9. The topological polar surface area (TPSA) is 63.2 Å². The van der Waals surface area contributed by atoms with Crippen molar-refractivity contribution >= 4 is 22.0 Å². The van der Waals surface area contributed by atoms with Gasteiger partial charge in [0.05, 0.1) is 5.39 Å². The SMILES string of the molecule is [Li+].[O-]c1ccc(-c2ccc(-c3nc4ccccc4o3)cc2)c2ccc[nH+]c12. The molecule has 2 aromatic heterocycles. The molecule has 5 heteroatoms. The van der Waals surface area contributed by atoms with Gasteiger partial charge in [-0.2, -0.15) is 0 Å². The third kappa shape index (κ3) is 3.00. The zero-order valence-electron chi connectivity index (χ0n) is 14.8. The smallest absolute Gasteiger partial charge is 0.868 e. The predicted molar refractivity (Wildman–Crippen MR) is 98.4 cm³/mol. The molecular weight excluding hydrogens is 331 g/mol. The van der Waals surface area contributed by atoms with E-state index in [-0.39, 0.29) is 24.6 Å². The molecule has 0 fully saturated rings. The van der Waals surface area contributed by atoms with Gasteiger partial charge in [-0.25, -0.2) is 9.97 Å². The van der Waals surface area contributed by atoms with Gasteiger partial charge in [-0.05, 0) is 47.2 Å². The summed E-state index contributed by atoms with van der Waals surface area (Å²) in [6.45, 7) is 0. The molecule has 0 bridgehead atoms. The Morgan fingerprint density at radius 3 is 2.41 bits per heavy atom. The Bertz CT molecular complexity index is 1210. The number of nitrogens with one attached hydrogen (secondary N) is 1. The predicted octanol–water partition coefficient (Wildman–Crippen LogP) is 1.21. The number of aromatic amines is 1. The minimum atomic E-state index is -0.00699. The van der Waals surface area contributed by atoms with Crippen molar-refractivity contribution in [3.8, 4) is 28.3 Å². The van der Waals surface area contributed by atoms with Crippen LogP contribution in [0, 0.1) is 0 Å². The van der Waals surface area contributed by atoms with E-state index in [1.807, 2.05) is 66.7 Å². The normalized spacial score (nSPS) is 10.8. The molecule has 3 aromatic carbocycles. The number of nitrogens with zero attached hydrogens (tertiary/aromatic N) is 1. The molecule has 0 saturated carbocycles. The first-order chi connectivity index (χ1) is 12.8. The summed E-state index contributed by atoms with van der Waals surface area (Å²) in [5.74, 6) is 0.596. The average Bonchev–Trinajstić information content (AvgIpc) is 3.13. The maximum atomic E-state index is 12.0.